The number of allylic oxidation sites excluding steroid dienone is 5. The van der Waals surface area contributed by atoms with Gasteiger partial charge in [-0.2, -0.15) is 0 Å². The van der Waals surface area contributed by atoms with Gasteiger partial charge in [0.05, 0.1) is 22.1 Å². The number of para-hydroxylation sites is 3. The van der Waals surface area contributed by atoms with Gasteiger partial charge in [0.2, 0.25) is 0 Å². The van der Waals surface area contributed by atoms with Crippen LogP contribution in [0.4, 0.5) is 0 Å². The van der Waals surface area contributed by atoms with Crippen molar-refractivity contribution < 1.29 is 0 Å². The lowest BCUT2D eigenvalue weighted by molar-refractivity contribution is 1.18. The zero-order valence-electron chi connectivity index (χ0n) is 18.6. The molecular weight excluding hydrogens is 400 g/mol. The van der Waals surface area contributed by atoms with Gasteiger partial charge in [-0.25, -0.2) is 0 Å². The monoisotopic (exact) mass is 424 g/mol. The van der Waals surface area contributed by atoms with Gasteiger partial charge in [-0.3, -0.25) is 0 Å². The molecule has 4 aromatic carbocycles. The average molecular weight is 425 g/mol. The summed E-state index contributed by atoms with van der Waals surface area (Å²) in [5.74, 6) is 0. The van der Waals surface area contributed by atoms with E-state index < -0.39 is 0 Å². The van der Waals surface area contributed by atoms with E-state index >= 15 is 0 Å². The lowest BCUT2D eigenvalue weighted by Gasteiger charge is -2.09. The maximum Gasteiger partial charge on any atom is 0.0548 e. The molecule has 6 rings (SSSR count). The predicted octanol–water partition coefficient (Wildman–Crippen LogP) is 8.49. The van der Waals surface area contributed by atoms with Crippen LogP contribution in [0.2, 0.25) is 0 Å². The SMILES string of the molecule is C=C/C=C(\C=C/C)n1c2ccccc2c2cc3c(cc21)c1ccccc1n3-c1ccccc1. The summed E-state index contributed by atoms with van der Waals surface area (Å²) in [4.78, 5) is 0. The van der Waals surface area contributed by atoms with Gasteiger partial charge in [0, 0.05) is 32.9 Å². The van der Waals surface area contributed by atoms with Gasteiger partial charge >= 0.3 is 0 Å². The van der Waals surface area contributed by atoms with Crippen molar-refractivity contribution in [2.45, 2.75) is 6.92 Å². The van der Waals surface area contributed by atoms with Crippen molar-refractivity contribution in [1.29, 1.82) is 0 Å². The predicted molar refractivity (Wildman–Crippen MR) is 143 cm³/mol. The Bertz CT molecular complexity index is 1720. The quantitative estimate of drug-likeness (QED) is 0.251. The Morgan fingerprint density at radius 1 is 0.667 bits per heavy atom. The van der Waals surface area contributed by atoms with Crippen molar-refractivity contribution in [1.82, 2.24) is 9.13 Å². The van der Waals surface area contributed by atoms with E-state index in [1.165, 1.54) is 49.3 Å². The molecule has 0 aliphatic rings. The van der Waals surface area contributed by atoms with Gasteiger partial charge in [0.25, 0.3) is 0 Å². The minimum Gasteiger partial charge on any atom is -0.309 e. The van der Waals surface area contributed by atoms with Crippen molar-refractivity contribution in [3.05, 3.63) is 122 Å². The third-order valence-corrected chi connectivity index (χ3v) is 6.36. The first-order valence-electron chi connectivity index (χ1n) is 11.3. The van der Waals surface area contributed by atoms with Gasteiger partial charge in [-0.15, -0.1) is 0 Å². The molecule has 0 radical (unpaired) electrons. The molecule has 0 saturated heterocycles. The molecule has 2 aromatic heterocycles. The van der Waals surface area contributed by atoms with E-state index in [0.717, 1.165) is 5.70 Å². The third-order valence-electron chi connectivity index (χ3n) is 6.36. The van der Waals surface area contributed by atoms with Crippen molar-refractivity contribution in [3.63, 3.8) is 0 Å². The Kier molecular flexibility index (Phi) is 4.51. The zero-order chi connectivity index (χ0) is 22.4. The van der Waals surface area contributed by atoms with Crippen LogP contribution < -0.4 is 0 Å². The molecule has 0 unspecified atom stereocenters. The summed E-state index contributed by atoms with van der Waals surface area (Å²) in [6.45, 7) is 6.01. The number of aromatic nitrogens is 2. The van der Waals surface area contributed by atoms with E-state index in [1.807, 2.05) is 6.08 Å². The van der Waals surface area contributed by atoms with Crippen LogP contribution >= 0.6 is 0 Å². The van der Waals surface area contributed by atoms with Gasteiger partial charge in [-0.05, 0) is 55.5 Å². The number of benzene rings is 4. The molecule has 6 aromatic rings. The molecule has 2 nitrogen and oxygen atoms in total. The first-order valence-corrected chi connectivity index (χ1v) is 11.3. The van der Waals surface area contributed by atoms with Crippen LogP contribution in [0.5, 0.6) is 0 Å². The van der Waals surface area contributed by atoms with Gasteiger partial charge < -0.3 is 9.13 Å². The van der Waals surface area contributed by atoms with Crippen LogP contribution in [-0.4, -0.2) is 9.13 Å². The van der Waals surface area contributed by atoms with Crippen LogP contribution in [-0.2, 0) is 0 Å². The first-order chi connectivity index (χ1) is 16.3. The molecule has 2 heterocycles. The Balaban J connectivity index is 1.83. The van der Waals surface area contributed by atoms with E-state index in [9.17, 15) is 0 Å². The molecule has 0 atom stereocenters. The fourth-order valence-corrected chi connectivity index (χ4v) is 5.06. The molecule has 0 amide bonds. The zero-order valence-corrected chi connectivity index (χ0v) is 18.6. The maximum atomic E-state index is 3.95. The molecule has 0 saturated carbocycles. The highest BCUT2D eigenvalue weighted by Crippen LogP contribution is 2.39. The highest BCUT2D eigenvalue weighted by atomic mass is 15.0. The molecule has 0 N–H and O–H groups in total. The molecule has 158 valence electrons. The van der Waals surface area contributed by atoms with Crippen molar-refractivity contribution in [2.24, 2.45) is 0 Å². The van der Waals surface area contributed by atoms with Crippen molar-refractivity contribution in [2.75, 3.05) is 0 Å². The van der Waals surface area contributed by atoms with E-state index in [2.05, 4.69) is 132 Å². The Morgan fingerprint density at radius 3 is 2.00 bits per heavy atom. The van der Waals surface area contributed by atoms with Crippen LogP contribution in [0.3, 0.4) is 0 Å². The number of hydrogen-bond acceptors (Lipinski definition) is 0. The summed E-state index contributed by atoms with van der Waals surface area (Å²) >= 11 is 0. The maximum absolute atomic E-state index is 3.95. The minimum atomic E-state index is 1.10. The molecule has 33 heavy (non-hydrogen) atoms. The lowest BCUT2D eigenvalue weighted by Crippen LogP contribution is -1.95. The largest absolute Gasteiger partial charge is 0.309 e. The second kappa shape index (κ2) is 7.68. The van der Waals surface area contributed by atoms with Gasteiger partial charge in [0.1, 0.15) is 0 Å². The number of hydrogen-bond donors (Lipinski definition) is 0. The van der Waals surface area contributed by atoms with E-state index in [1.54, 1.807) is 0 Å². The Labute approximate surface area is 193 Å². The minimum absolute atomic E-state index is 1.10. The summed E-state index contributed by atoms with van der Waals surface area (Å²) in [6, 6.07) is 32.7. The Morgan fingerprint density at radius 2 is 1.27 bits per heavy atom. The highest BCUT2D eigenvalue weighted by molar-refractivity contribution is 6.19. The van der Waals surface area contributed by atoms with E-state index in [4.69, 9.17) is 0 Å². The average Bonchev–Trinajstić information content (AvgIpc) is 3.35. The highest BCUT2D eigenvalue weighted by Gasteiger charge is 2.18. The molecule has 0 aliphatic carbocycles. The van der Waals surface area contributed by atoms with E-state index in [0.29, 0.717) is 0 Å². The summed E-state index contributed by atoms with van der Waals surface area (Å²) in [6.07, 6.45) is 8.15. The summed E-state index contributed by atoms with van der Waals surface area (Å²) < 4.78 is 4.73. The van der Waals surface area contributed by atoms with Gasteiger partial charge in [0.15, 0.2) is 0 Å². The first kappa shape index (κ1) is 19.4. The van der Waals surface area contributed by atoms with Crippen LogP contribution in [0.25, 0.3) is 55.0 Å². The Hall–Kier alpha value is -4.30. The molecular formula is C31H24N2. The topological polar surface area (TPSA) is 9.86 Å². The van der Waals surface area contributed by atoms with E-state index in [-0.39, 0.29) is 0 Å². The normalized spacial score (nSPS) is 12.6. The molecule has 2 heteroatoms. The summed E-state index contributed by atoms with van der Waals surface area (Å²) in [5.41, 5.74) is 7.11. The smallest absolute Gasteiger partial charge is 0.0548 e. The third kappa shape index (κ3) is 2.88. The van der Waals surface area contributed by atoms with Crippen LogP contribution in [0, 0.1) is 0 Å². The van der Waals surface area contributed by atoms with Gasteiger partial charge in [-0.1, -0.05) is 73.3 Å². The number of fused-ring (bicyclic) bond motifs is 6. The standard InChI is InChI=1S/C31H24N2/c1-3-12-22(13-4-2)32-28-18-10-8-16-24(28)26-21-31-27(20-30(26)32)25-17-9-11-19-29(25)33(31)23-14-6-5-7-15-23/h3-21H,1H2,2H3/b13-4-,22-12+. The molecule has 0 spiro atoms. The fraction of sp³-hybridized carbons (Fsp3) is 0.0323. The second-order valence-corrected chi connectivity index (χ2v) is 8.25. The molecule has 0 bridgehead atoms. The van der Waals surface area contributed by atoms with Crippen LogP contribution in [0.15, 0.2) is 122 Å². The summed E-state index contributed by atoms with van der Waals surface area (Å²) in [5, 5.41) is 5.01. The number of nitrogens with zero attached hydrogens (tertiary/aromatic N) is 2. The fourth-order valence-electron chi connectivity index (χ4n) is 5.06. The molecule has 0 aliphatic heterocycles. The molecule has 0 fully saturated rings. The van der Waals surface area contributed by atoms with Crippen molar-refractivity contribution >= 4 is 49.3 Å². The number of rotatable bonds is 4. The second-order valence-electron chi connectivity index (χ2n) is 8.25. The lowest BCUT2D eigenvalue weighted by atomic mass is 10.1. The van der Waals surface area contributed by atoms with Crippen LogP contribution in [0.1, 0.15) is 6.92 Å². The van der Waals surface area contributed by atoms with Crippen molar-refractivity contribution in [3.8, 4) is 5.69 Å². The summed E-state index contributed by atoms with van der Waals surface area (Å²) in [7, 11) is 0.